The Balaban J connectivity index is 1.26. The minimum Gasteiger partial charge on any atom is -0.456 e. The van der Waals surface area contributed by atoms with Crippen molar-refractivity contribution in [2.24, 2.45) is 0 Å². The molecular formula is C43H27N3O. The molecule has 0 amide bonds. The molecule has 0 spiro atoms. The van der Waals surface area contributed by atoms with Crippen molar-refractivity contribution < 1.29 is 4.42 Å². The number of aromatic nitrogens is 3. The lowest BCUT2D eigenvalue weighted by atomic mass is 9.96. The van der Waals surface area contributed by atoms with Gasteiger partial charge in [0.2, 0.25) is 0 Å². The Hall–Kier alpha value is -6.39. The molecule has 0 saturated carbocycles. The van der Waals surface area contributed by atoms with Crippen LogP contribution >= 0.6 is 0 Å². The van der Waals surface area contributed by atoms with Crippen molar-refractivity contribution in [1.82, 2.24) is 15.0 Å². The lowest BCUT2D eigenvalue weighted by Gasteiger charge is -2.13. The summed E-state index contributed by atoms with van der Waals surface area (Å²) in [6, 6.07) is 56.4. The van der Waals surface area contributed by atoms with E-state index in [-0.39, 0.29) is 0 Å². The number of para-hydroxylation sites is 1. The maximum absolute atomic E-state index is 6.32. The van der Waals surface area contributed by atoms with Crippen molar-refractivity contribution in [2.45, 2.75) is 0 Å². The first-order valence-electron chi connectivity index (χ1n) is 15.7. The van der Waals surface area contributed by atoms with Gasteiger partial charge in [0.1, 0.15) is 11.2 Å². The van der Waals surface area contributed by atoms with Crippen molar-refractivity contribution in [3.05, 3.63) is 164 Å². The summed E-state index contributed by atoms with van der Waals surface area (Å²) in [4.78, 5) is 15.3. The van der Waals surface area contributed by atoms with Crippen molar-refractivity contribution in [3.63, 3.8) is 0 Å². The number of hydrogen-bond acceptors (Lipinski definition) is 4. The third kappa shape index (κ3) is 4.93. The van der Waals surface area contributed by atoms with Crippen LogP contribution in [0, 0.1) is 0 Å². The molecule has 4 heteroatoms. The molecule has 0 unspecified atom stereocenters. The van der Waals surface area contributed by atoms with Crippen molar-refractivity contribution in [1.29, 1.82) is 0 Å². The topological polar surface area (TPSA) is 51.8 Å². The van der Waals surface area contributed by atoms with Gasteiger partial charge in [-0.25, -0.2) is 15.0 Å². The molecule has 2 aromatic heterocycles. The Kier molecular flexibility index (Phi) is 6.43. The first-order chi connectivity index (χ1) is 23.3. The van der Waals surface area contributed by atoms with E-state index in [1.807, 2.05) is 60.7 Å². The highest BCUT2D eigenvalue weighted by Crippen LogP contribution is 2.39. The molecule has 0 aliphatic heterocycles. The van der Waals surface area contributed by atoms with E-state index < -0.39 is 0 Å². The predicted octanol–water partition coefficient (Wildman–Crippen LogP) is 11.3. The van der Waals surface area contributed by atoms with Crippen LogP contribution in [-0.4, -0.2) is 15.0 Å². The van der Waals surface area contributed by atoms with Gasteiger partial charge in [0.25, 0.3) is 0 Å². The highest BCUT2D eigenvalue weighted by atomic mass is 16.3. The van der Waals surface area contributed by atoms with E-state index in [0.717, 1.165) is 60.5 Å². The Morgan fingerprint density at radius 3 is 1.60 bits per heavy atom. The highest BCUT2D eigenvalue weighted by molar-refractivity contribution is 6.08. The molecule has 2 heterocycles. The third-order valence-electron chi connectivity index (χ3n) is 8.72. The van der Waals surface area contributed by atoms with Gasteiger partial charge >= 0.3 is 0 Å². The zero-order chi connectivity index (χ0) is 31.2. The van der Waals surface area contributed by atoms with E-state index in [1.54, 1.807) is 0 Å². The molecule has 9 aromatic rings. The molecular weight excluding hydrogens is 574 g/mol. The van der Waals surface area contributed by atoms with E-state index in [9.17, 15) is 0 Å². The summed E-state index contributed by atoms with van der Waals surface area (Å²) in [6.07, 6.45) is 0. The van der Waals surface area contributed by atoms with E-state index >= 15 is 0 Å². The smallest absolute Gasteiger partial charge is 0.164 e. The lowest BCUT2D eigenvalue weighted by molar-refractivity contribution is 0.669. The second-order valence-corrected chi connectivity index (χ2v) is 11.7. The van der Waals surface area contributed by atoms with Crippen LogP contribution in [-0.2, 0) is 0 Å². The average Bonchev–Trinajstić information content (AvgIpc) is 3.52. The fraction of sp³-hybridized carbons (Fsp3) is 0. The molecule has 0 bridgehead atoms. The molecule has 0 fully saturated rings. The largest absolute Gasteiger partial charge is 0.456 e. The Labute approximate surface area is 271 Å². The number of benzene rings is 7. The number of nitrogens with zero attached hydrogens (tertiary/aromatic N) is 3. The Bertz CT molecular complexity index is 2560. The Morgan fingerprint density at radius 1 is 0.319 bits per heavy atom. The summed E-state index contributed by atoms with van der Waals surface area (Å²) in [7, 11) is 0. The normalized spacial score (nSPS) is 11.4. The number of furan rings is 1. The average molecular weight is 602 g/mol. The maximum atomic E-state index is 6.32. The number of rotatable bonds is 5. The van der Waals surface area contributed by atoms with Gasteiger partial charge in [-0.05, 0) is 63.4 Å². The van der Waals surface area contributed by atoms with Gasteiger partial charge in [-0.15, -0.1) is 0 Å². The Morgan fingerprint density at radius 2 is 0.872 bits per heavy atom. The summed E-state index contributed by atoms with van der Waals surface area (Å²) in [5.74, 6) is 1.86. The molecule has 0 radical (unpaired) electrons. The van der Waals surface area contributed by atoms with Crippen molar-refractivity contribution in [2.75, 3.05) is 0 Å². The minimum atomic E-state index is 0.611. The zero-order valence-corrected chi connectivity index (χ0v) is 25.3. The number of hydrogen-bond donors (Lipinski definition) is 0. The quantitative estimate of drug-likeness (QED) is 0.197. The fourth-order valence-corrected chi connectivity index (χ4v) is 6.35. The predicted molar refractivity (Wildman–Crippen MR) is 192 cm³/mol. The van der Waals surface area contributed by atoms with Crippen LogP contribution in [0.5, 0.6) is 0 Å². The number of fused-ring (bicyclic) bond motifs is 4. The van der Waals surface area contributed by atoms with Crippen molar-refractivity contribution >= 4 is 32.7 Å². The summed E-state index contributed by atoms with van der Waals surface area (Å²) < 4.78 is 6.32. The molecule has 220 valence electrons. The first-order valence-corrected chi connectivity index (χ1v) is 15.7. The fourth-order valence-electron chi connectivity index (χ4n) is 6.35. The van der Waals surface area contributed by atoms with Gasteiger partial charge in [0, 0.05) is 27.5 Å². The first kappa shape index (κ1) is 27.0. The van der Waals surface area contributed by atoms with E-state index in [1.165, 1.54) is 11.1 Å². The molecule has 4 nitrogen and oxygen atoms in total. The molecule has 0 N–H and O–H groups in total. The SMILES string of the molecule is c1ccc(-c2ccc3cc(-c4nc(-c5ccccc5)nc(-c5cc6c(cc5-c5ccccc5)oc5ccccc56)n4)ccc3c2)cc1. The van der Waals surface area contributed by atoms with Gasteiger partial charge in [0.05, 0.1) is 0 Å². The van der Waals surface area contributed by atoms with Gasteiger partial charge in [-0.3, -0.25) is 0 Å². The lowest BCUT2D eigenvalue weighted by Crippen LogP contribution is -2.01. The summed E-state index contributed by atoms with van der Waals surface area (Å²) in [5.41, 5.74) is 8.92. The summed E-state index contributed by atoms with van der Waals surface area (Å²) in [6.45, 7) is 0. The monoisotopic (exact) mass is 601 g/mol. The van der Waals surface area contributed by atoms with Gasteiger partial charge in [-0.1, -0.05) is 133 Å². The van der Waals surface area contributed by atoms with Crippen LogP contribution in [0.3, 0.4) is 0 Å². The third-order valence-corrected chi connectivity index (χ3v) is 8.72. The van der Waals surface area contributed by atoms with Crippen LogP contribution in [0.4, 0.5) is 0 Å². The van der Waals surface area contributed by atoms with Crippen LogP contribution in [0.15, 0.2) is 168 Å². The minimum absolute atomic E-state index is 0.611. The van der Waals surface area contributed by atoms with E-state index in [4.69, 9.17) is 19.4 Å². The standard InChI is InChI=1S/C43H27N3O/c1-4-12-28(13-5-1)31-20-21-33-25-34(23-22-32(33)24-31)42-44-41(30-16-8-3-9-17-30)45-43(46-42)38-26-37-35-18-10-11-19-39(35)47-40(37)27-36(38)29-14-6-2-7-15-29/h1-27H. The zero-order valence-electron chi connectivity index (χ0n) is 25.3. The van der Waals surface area contributed by atoms with Crippen LogP contribution in [0.25, 0.3) is 89.1 Å². The van der Waals surface area contributed by atoms with Gasteiger partial charge in [-0.2, -0.15) is 0 Å². The molecule has 0 aliphatic carbocycles. The van der Waals surface area contributed by atoms with Gasteiger partial charge < -0.3 is 4.42 Å². The van der Waals surface area contributed by atoms with Crippen molar-refractivity contribution in [3.8, 4) is 56.4 Å². The van der Waals surface area contributed by atoms with E-state index in [0.29, 0.717) is 17.5 Å². The molecule has 9 rings (SSSR count). The second-order valence-electron chi connectivity index (χ2n) is 11.7. The van der Waals surface area contributed by atoms with E-state index in [2.05, 4.69) is 103 Å². The second kappa shape index (κ2) is 11.2. The summed E-state index contributed by atoms with van der Waals surface area (Å²) in [5, 5.41) is 4.38. The van der Waals surface area contributed by atoms with Crippen LogP contribution in [0.1, 0.15) is 0 Å². The van der Waals surface area contributed by atoms with Gasteiger partial charge in [0.15, 0.2) is 17.5 Å². The molecule has 0 saturated heterocycles. The molecule has 0 aliphatic rings. The maximum Gasteiger partial charge on any atom is 0.164 e. The summed E-state index contributed by atoms with van der Waals surface area (Å²) >= 11 is 0. The molecule has 47 heavy (non-hydrogen) atoms. The van der Waals surface area contributed by atoms with Crippen LogP contribution < -0.4 is 0 Å². The molecule has 0 atom stereocenters. The highest BCUT2D eigenvalue weighted by Gasteiger charge is 2.19. The van der Waals surface area contributed by atoms with Crippen LogP contribution in [0.2, 0.25) is 0 Å². The molecule has 7 aromatic carbocycles.